The summed E-state index contributed by atoms with van der Waals surface area (Å²) < 4.78 is 0. The number of amides is 1. The molecule has 144 valence electrons. The molecule has 0 N–H and O–H groups in total. The lowest BCUT2D eigenvalue weighted by Gasteiger charge is -2.40. The normalized spacial score (nSPS) is 35.7. The van der Waals surface area contributed by atoms with Gasteiger partial charge in [-0.1, -0.05) is 48.5 Å². The Kier molecular flexibility index (Phi) is 3.48. The van der Waals surface area contributed by atoms with Crippen LogP contribution >= 0.6 is 0 Å². The number of hydrogen-bond donors (Lipinski definition) is 0. The second-order valence-electron chi connectivity index (χ2n) is 9.51. The molecule has 5 aliphatic rings. The molecule has 1 heterocycles. The zero-order chi connectivity index (χ0) is 18.8. The molecule has 0 spiro atoms. The average molecular weight is 373 g/mol. The number of carbonyl (C=O) groups is 1. The minimum absolute atomic E-state index is 0.0601. The number of rotatable bonds is 3. The van der Waals surface area contributed by atoms with Crippen molar-refractivity contribution in [2.45, 2.75) is 31.1 Å². The molecule has 28 heavy (non-hydrogen) atoms. The molecule has 2 aromatic rings. The number of hydrogen-bond acceptors (Lipinski definition) is 2. The Balaban J connectivity index is 1.20. The van der Waals surface area contributed by atoms with Gasteiger partial charge in [0, 0.05) is 31.9 Å². The number of carbonyl (C=O) groups excluding carboxylic acids is 1. The highest BCUT2D eigenvalue weighted by atomic mass is 16.2. The quantitative estimate of drug-likeness (QED) is 0.810. The molecule has 7 rings (SSSR count). The molecule has 5 fully saturated rings. The van der Waals surface area contributed by atoms with Crippen LogP contribution in [0.4, 0.5) is 5.69 Å². The third-order valence-electron chi connectivity index (χ3n) is 8.45. The van der Waals surface area contributed by atoms with Gasteiger partial charge in [-0.15, -0.1) is 0 Å². The summed E-state index contributed by atoms with van der Waals surface area (Å²) in [5.74, 6) is 1.80. The molecule has 1 saturated heterocycles. The van der Waals surface area contributed by atoms with Crippen molar-refractivity contribution in [2.24, 2.45) is 17.3 Å². The first-order chi connectivity index (χ1) is 13.7. The van der Waals surface area contributed by atoms with E-state index < -0.39 is 0 Å². The van der Waals surface area contributed by atoms with Gasteiger partial charge in [0.2, 0.25) is 5.91 Å². The molecule has 4 bridgehead atoms. The zero-order valence-electron chi connectivity index (χ0n) is 16.4. The van der Waals surface area contributed by atoms with Gasteiger partial charge in [-0.3, -0.25) is 4.79 Å². The van der Waals surface area contributed by atoms with Gasteiger partial charge in [0.1, 0.15) is 0 Å². The van der Waals surface area contributed by atoms with Crippen LogP contribution in [0.15, 0.2) is 60.7 Å². The molecular weight excluding hydrogens is 344 g/mol. The van der Waals surface area contributed by atoms with Gasteiger partial charge in [0.25, 0.3) is 0 Å². The van der Waals surface area contributed by atoms with Gasteiger partial charge in [-0.2, -0.15) is 0 Å². The van der Waals surface area contributed by atoms with E-state index in [0.29, 0.717) is 11.8 Å². The summed E-state index contributed by atoms with van der Waals surface area (Å²) >= 11 is 0. The fourth-order valence-corrected chi connectivity index (χ4v) is 7.25. The topological polar surface area (TPSA) is 23.6 Å². The summed E-state index contributed by atoms with van der Waals surface area (Å²) in [5, 5.41) is 0. The predicted octanol–water partition coefficient (Wildman–Crippen LogP) is 4.09. The van der Waals surface area contributed by atoms with Gasteiger partial charge in [0.15, 0.2) is 0 Å². The summed E-state index contributed by atoms with van der Waals surface area (Å²) in [6, 6.07) is 21.7. The number of benzene rings is 2. The second-order valence-corrected chi connectivity index (χ2v) is 9.51. The Morgan fingerprint density at radius 1 is 0.821 bits per heavy atom. The van der Waals surface area contributed by atoms with E-state index in [1.165, 1.54) is 24.1 Å². The lowest BCUT2D eigenvalue weighted by molar-refractivity contribution is -0.143. The molecule has 4 aliphatic carbocycles. The maximum Gasteiger partial charge on any atom is 0.229 e. The van der Waals surface area contributed by atoms with E-state index in [4.69, 9.17) is 0 Å². The van der Waals surface area contributed by atoms with E-state index in [1.807, 2.05) is 0 Å². The highest BCUT2D eigenvalue weighted by Crippen LogP contribution is 2.76. The molecule has 2 aromatic carbocycles. The van der Waals surface area contributed by atoms with E-state index in [2.05, 4.69) is 70.5 Å². The molecule has 0 radical (unpaired) electrons. The third-order valence-corrected chi connectivity index (χ3v) is 8.45. The number of anilines is 1. The van der Waals surface area contributed by atoms with Crippen molar-refractivity contribution < 1.29 is 4.79 Å². The van der Waals surface area contributed by atoms with Gasteiger partial charge < -0.3 is 9.80 Å². The van der Waals surface area contributed by atoms with Crippen molar-refractivity contribution in [3.8, 4) is 0 Å². The standard InChI is InChI=1S/C25H28N2O/c28-23(27-13-11-26(12-14-27)22-9-5-2-6-10-22)25-17-20-15-21(25)16-24(20,18-25)19-7-3-1-4-8-19/h1-10,20-21H,11-18H2. The van der Waals surface area contributed by atoms with Crippen LogP contribution in [-0.2, 0) is 10.2 Å². The molecule has 4 saturated carbocycles. The first-order valence-corrected chi connectivity index (χ1v) is 10.9. The van der Waals surface area contributed by atoms with Crippen LogP contribution in [0.3, 0.4) is 0 Å². The first kappa shape index (κ1) is 16.6. The summed E-state index contributed by atoms with van der Waals surface area (Å²) in [6.07, 6.45) is 4.73. The van der Waals surface area contributed by atoms with Crippen molar-refractivity contribution in [3.63, 3.8) is 0 Å². The first-order valence-electron chi connectivity index (χ1n) is 10.9. The molecule has 3 nitrogen and oxygen atoms in total. The van der Waals surface area contributed by atoms with E-state index >= 15 is 0 Å². The fourth-order valence-electron chi connectivity index (χ4n) is 7.25. The van der Waals surface area contributed by atoms with E-state index in [1.54, 1.807) is 0 Å². The van der Waals surface area contributed by atoms with Crippen LogP contribution in [0.5, 0.6) is 0 Å². The van der Waals surface area contributed by atoms with Gasteiger partial charge in [-0.25, -0.2) is 0 Å². The zero-order valence-corrected chi connectivity index (χ0v) is 16.4. The van der Waals surface area contributed by atoms with Crippen molar-refractivity contribution in [2.75, 3.05) is 31.1 Å². The van der Waals surface area contributed by atoms with Crippen LogP contribution in [0.2, 0.25) is 0 Å². The predicted molar refractivity (Wildman–Crippen MR) is 111 cm³/mol. The number of piperazine rings is 1. The summed E-state index contributed by atoms with van der Waals surface area (Å²) in [6.45, 7) is 3.63. The van der Waals surface area contributed by atoms with Crippen LogP contribution in [0.1, 0.15) is 31.2 Å². The monoisotopic (exact) mass is 372 g/mol. The fraction of sp³-hybridized carbons (Fsp3) is 0.480. The largest absolute Gasteiger partial charge is 0.368 e. The Morgan fingerprint density at radius 2 is 1.50 bits per heavy atom. The highest BCUT2D eigenvalue weighted by molar-refractivity contribution is 5.86. The van der Waals surface area contributed by atoms with Crippen LogP contribution in [0.25, 0.3) is 0 Å². The van der Waals surface area contributed by atoms with E-state index in [9.17, 15) is 4.79 Å². The minimum Gasteiger partial charge on any atom is -0.368 e. The van der Waals surface area contributed by atoms with Crippen molar-refractivity contribution in [1.82, 2.24) is 4.90 Å². The summed E-state index contributed by atoms with van der Waals surface area (Å²) in [5.41, 5.74) is 2.99. The van der Waals surface area contributed by atoms with Gasteiger partial charge >= 0.3 is 0 Å². The Morgan fingerprint density at radius 3 is 2.14 bits per heavy atom. The van der Waals surface area contributed by atoms with Crippen LogP contribution in [-0.4, -0.2) is 37.0 Å². The molecule has 3 heteroatoms. The van der Waals surface area contributed by atoms with Crippen LogP contribution in [0, 0.1) is 17.3 Å². The average Bonchev–Trinajstić information content (AvgIpc) is 3.48. The van der Waals surface area contributed by atoms with E-state index in [-0.39, 0.29) is 10.8 Å². The SMILES string of the molecule is O=C(N1CCN(c2ccccc2)CC1)C12CC3CC1CC3(c1ccccc1)C2. The molecular formula is C25H28N2O. The second kappa shape index (κ2) is 5.85. The van der Waals surface area contributed by atoms with Gasteiger partial charge in [0.05, 0.1) is 5.41 Å². The third kappa shape index (κ3) is 2.13. The van der Waals surface area contributed by atoms with Gasteiger partial charge in [-0.05, 0) is 60.6 Å². The maximum atomic E-state index is 13.7. The Bertz CT molecular complexity index is 889. The molecule has 4 atom stereocenters. The van der Waals surface area contributed by atoms with Crippen molar-refractivity contribution >= 4 is 11.6 Å². The van der Waals surface area contributed by atoms with Crippen molar-refractivity contribution in [3.05, 3.63) is 66.2 Å². The van der Waals surface area contributed by atoms with Crippen molar-refractivity contribution in [1.29, 1.82) is 0 Å². The molecule has 1 amide bonds. The molecule has 0 aromatic heterocycles. The number of para-hydroxylation sites is 1. The smallest absolute Gasteiger partial charge is 0.229 e. The van der Waals surface area contributed by atoms with Crippen LogP contribution < -0.4 is 4.90 Å². The summed E-state index contributed by atoms with van der Waals surface area (Å²) in [7, 11) is 0. The lowest BCUT2D eigenvalue weighted by Crippen LogP contribution is -2.53. The Labute approximate surface area is 167 Å². The lowest BCUT2D eigenvalue weighted by atomic mass is 9.74. The minimum atomic E-state index is -0.0601. The van der Waals surface area contributed by atoms with E-state index in [0.717, 1.165) is 44.9 Å². The number of nitrogens with zero attached hydrogens (tertiary/aromatic N) is 2. The molecule has 1 aliphatic heterocycles. The molecule has 4 unspecified atom stereocenters. The Hall–Kier alpha value is -2.29. The summed E-state index contributed by atoms with van der Waals surface area (Å²) in [4.78, 5) is 18.4. The maximum absolute atomic E-state index is 13.7. The highest BCUT2D eigenvalue weighted by Gasteiger charge is 2.73.